The zero-order chi connectivity index (χ0) is 16.6. The molecule has 0 saturated carbocycles. The first-order chi connectivity index (χ1) is 9.77. The van der Waals surface area contributed by atoms with Crippen molar-refractivity contribution in [2.45, 2.75) is 59.0 Å². The van der Waals surface area contributed by atoms with Crippen LogP contribution in [0.4, 0.5) is 4.79 Å². The number of urea groups is 1. The average Bonchev–Trinajstić information content (AvgIpc) is 2.45. The highest BCUT2D eigenvalue weighted by molar-refractivity contribution is 5.90. The second-order valence-corrected chi connectivity index (χ2v) is 4.93. The van der Waals surface area contributed by atoms with Crippen molar-refractivity contribution >= 4 is 17.9 Å². The van der Waals surface area contributed by atoms with Gasteiger partial charge >= 0.3 is 12.0 Å². The highest BCUT2D eigenvalue weighted by atomic mass is 16.4. The van der Waals surface area contributed by atoms with Crippen LogP contribution in [0.3, 0.4) is 0 Å². The van der Waals surface area contributed by atoms with Gasteiger partial charge < -0.3 is 20.6 Å². The van der Waals surface area contributed by atoms with Gasteiger partial charge in [0.2, 0.25) is 5.91 Å². The molecule has 0 heterocycles. The molecule has 21 heavy (non-hydrogen) atoms. The molecule has 7 nitrogen and oxygen atoms in total. The highest BCUT2D eigenvalue weighted by Crippen LogP contribution is 2.15. The number of nitrogens with zero attached hydrogens (tertiary/aromatic N) is 1. The van der Waals surface area contributed by atoms with Gasteiger partial charge in [-0.25, -0.2) is 9.59 Å². The molecular formula is C14H27N3O4. The SMILES string of the molecule is CCN(CC)C(=O)C(C)NC(=O)NC(CC)(CC)C(=O)O. The van der Waals surface area contributed by atoms with Crippen molar-refractivity contribution in [2.24, 2.45) is 0 Å². The van der Waals surface area contributed by atoms with E-state index in [2.05, 4.69) is 10.6 Å². The summed E-state index contributed by atoms with van der Waals surface area (Å²) in [6.07, 6.45) is 0.537. The molecule has 122 valence electrons. The average molecular weight is 301 g/mol. The van der Waals surface area contributed by atoms with Gasteiger partial charge in [0.15, 0.2) is 0 Å². The highest BCUT2D eigenvalue weighted by Gasteiger charge is 2.37. The number of carbonyl (C=O) groups is 3. The molecule has 0 aliphatic carbocycles. The second-order valence-electron chi connectivity index (χ2n) is 4.93. The minimum atomic E-state index is -1.30. The van der Waals surface area contributed by atoms with E-state index in [4.69, 9.17) is 0 Å². The molecule has 1 atom stereocenters. The molecule has 3 N–H and O–H groups in total. The fraction of sp³-hybridized carbons (Fsp3) is 0.786. The van der Waals surface area contributed by atoms with E-state index in [1.54, 1.807) is 25.7 Å². The first-order valence-electron chi connectivity index (χ1n) is 7.38. The smallest absolute Gasteiger partial charge is 0.329 e. The fourth-order valence-electron chi connectivity index (χ4n) is 2.10. The van der Waals surface area contributed by atoms with Crippen LogP contribution in [0.2, 0.25) is 0 Å². The Kier molecular flexibility index (Phi) is 7.76. The van der Waals surface area contributed by atoms with Crippen LogP contribution < -0.4 is 10.6 Å². The zero-order valence-corrected chi connectivity index (χ0v) is 13.5. The van der Waals surface area contributed by atoms with E-state index in [-0.39, 0.29) is 18.7 Å². The Balaban J connectivity index is 4.75. The van der Waals surface area contributed by atoms with Crippen LogP contribution in [0, 0.1) is 0 Å². The molecule has 0 bridgehead atoms. The van der Waals surface area contributed by atoms with Gasteiger partial charge in [0.1, 0.15) is 11.6 Å². The summed E-state index contributed by atoms with van der Waals surface area (Å²) in [7, 11) is 0. The van der Waals surface area contributed by atoms with Crippen LogP contribution in [0.1, 0.15) is 47.5 Å². The van der Waals surface area contributed by atoms with E-state index in [1.165, 1.54) is 0 Å². The number of nitrogens with one attached hydrogen (secondary N) is 2. The van der Waals surface area contributed by atoms with E-state index >= 15 is 0 Å². The standard InChI is InChI=1S/C14H27N3O4/c1-6-14(7-2,12(19)20)16-13(21)15-10(5)11(18)17(8-3)9-4/h10H,6-9H2,1-5H3,(H,19,20)(H2,15,16,21). The van der Waals surface area contributed by atoms with E-state index in [0.717, 1.165) is 0 Å². The van der Waals surface area contributed by atoms with E-state index in [0.29, 0.717) is 13.1 Å². The van der Waals surface area contributed by atoms with Crippen LogP contribution in [0.5, 0.6) is 0 Å². The molecule has 0 saturated heterocycles. The van der Waals surface area contributed by atoms with Crippen LogP contribution in [0.25, 0.3) is 0 Å². The van der Waals surface area contributed by atoms with Gasteiger partial charge in [-0.3, -0.25) is 4.79 Å². The molecule has 0 aromatic carbocycles. The zero-order valence-electron chi connectivity index (χ0n) is 13.5. The van der Waals surface area contributed by atoms with Crippen molar-refractivity contribution in [2.75, 3.05) is 13.1 Å². The van der Waals surface area contributed by atoms with Crippen molar-refractivity contribution in [3.8, 4) is 0 Å². The number of hydrogen-bond acceptors (Lipinski definition) is 3. The van der Waals surface area contributed by atoms with E-state index in [1.807, 2.05) is 13.8 Å². The lowest BCUT2D eigenvalue weighted by Crippen LogP contribution is -2.59. The molecule has 1 unspecified atom stereocenters. The lowest BCUT2D eigenvalue weighted by Gasteiger charge is -2.29. The first-order valence-corrected chi connectivity index (χ1v) is 7.38. The lowest BCUT2D eigenvalue weighted by atomic mass is 9.93. The predicted octanol–water partition coefficient (Wildman–Crippen LogP) is 1.19. The quantitative estimate of drug-likeness (QED) is 0.627. The largest absolute Gasteiger partial charge is 0.480 e. The van der Waals surface area contributed by atoms with E-state index < -0.39 is 23.6 Å². The molecule has 0 aromatic rings. The summed E-state index contributed by atoms with van der Waals surface area (Å²) in [5, 5.41) is 14.2. The van der Waals surface area contributed by atoms with Crippen LogP contribution in [0.15, 0.2) is 0 Å². The summed E-state index contributed by atoms with van der Waals surface area (Å²) in [6, 6.07) is -1.35. The van der Waals surface area contributed by atoms with Gasteiger partial charge in [0.25, 0.3) is 0 Å². The number of aliphatic carboxylic acids is 1. The number of rotatable bonds is 8. The Morgan fingerprint density at radius 2 is 1.57 bits per heavy atom. The Hall–Kier alpha value is -1.79. The molecule has 0 aromatic heterocycles. The third-order valence-electron chi connectivity index (χ3n) is 3.76. The maximum atomic E-state index is 12.0. The number of carboxylic acids is 1. The molecule has 3 amide bonds. The first kappa shape index (κ1) is 19.2. The monoisotopic (exact) mass is 301 g/mol. The van der Waals surface area contributed by atoms with Gasteiger partial charge in [-0.2, -0.15) is 0 Å². The second kappa shape index (κ2) is 8.49. The molecule has 0 spiro atoms. The Morgan fingerprint density at radius 3 is 1.90 bits per heavy atom. The van der Waals surface area contributed by atoms with Crippen molar-refractivity contribution in [3.63, 3.8) is 0 Å². The minimum absolute atomic E-state index is 0.191. The molecule has 0 radical (unpaired) electrons. The summed E-state index contributed by atoms with van der Waals surface area (Å²) in [5.74, 6) is -1.27. The number of hydrogen-bond donors (Lipinski definition) is 3. The molecule has 7 heteroatoms. The normalized spacial score (nSPS) is 12.4. The van der Waals surface area contributed by atoms with Crippen molar-refractivity contribution in [1.29, 1.82) is 0 Å². The van der Waals surface area contributed by atoms with Crippen LogP contribution in [-0.2, 0) is 9.59 Å². The molecule has 0 fully saturated rings. The molecule has 0 aliphatic heterocycles. The lowest BCUT2D eigenvalue weighted by molar-refractivity contribution is -0.144. The van der Waals surface area contributed by atoms with Crippen molar-refractivity contribution < 1.29 is 19.5 Å². The summed E-state index contributed by atoms with van der Waals surface area (Å²) in [5.41, 5.74) is -1.30. The van der Waals surface area contributed by atoms with Gasteiger partial charge in [0.05, 0.1) is 0 Å². The Bertz CT molecular complexity index is 376. The van der Waals surface area contributed by atoms with Gasteiger partial charge in [-0.15, -0.1) is 0 Å². The predicted molar refractivity (Wildman–Crippen MR) is 80.0 cm³/mol. The van der Waals surface area contributed by atoms with Gasteiger partial charge in [0, 0.05) is 13.1 Å². The fourth-order valence-corrected chi connectivity index (χ4v) is 2.10. The van der Waals surface area contributed by atoms with Crippen LogP contribution >= 0.6 is 0 Å². The van der Waals surface area contributed by atoms with Gasteiger partial charge in [-0.1, -0.05) is 13.8 Å². The summed E-state index contributed by atoms with van der Waals surface area (Å²) in [6.45, 7) is 9.82. The van der Waals surface area contributed by atoms with E-state index in [9.17, 15) is 19.5 Å². The number of amides is 3. The summed E-state index contributed by atoms with van der Waals surface area (Å²) < 4.78 is 0. The molecule has 0 aliphatic rings. The number of likely N-dealkylation sites (N-methyl/N-ethyl adjacent to an activating group) is 1. The van der Waals surface area contributed by atoms with Gasteiger partial charge in [-0.05, 0) is 33.6 Å². The van der Waals surface area contributed by atoms with Crippen molar-refractivity contribution in [1.82, 2.24) is 15.5 Å². The number of carboxylic acid groups (broad SMARTS) is 1. The maximum Gasteiger partial charge on any atom is 0.329 e. The topological polar surface area (TPSA) is 98.7 Å². The van der Waals surface area contributed by atoms with Crippen LogP contribution in [-0.4, -0.2) is 52.6 Å². The molecule has 0 rings (SSSR count). The third kappa shape index (κ3) is 4.91. The Morgan fingerprint density at radius 1 is 1.10 bits per heavy atom. The van der Waals surface area contributed by atoms with Crippen molar-refractivity contribution in [3.05, 3.63) is 0 Å². The summed E-state index contributed by atoms with van der Waals surface area (Å²) >= 11 is 0. The summed E-state index contributed by atoms with van der Waals surface area (Å²) in [4.78, 5) is 36.9. The third-order valence-corrected chi connectivity index (χ3v) is 3.76. The number of carbonyl (C=O) groups excluding carboxylic acids is 2. The molecular weight excluding hydrogens is 274 g/mol. The Labute approximate surface area is 126 Å². The minimum Gasteiger partial charge on any atom is -0.480 e. The maximum absolute atomic E-state index is 12.0.